The zero-order valence-corrected chi connectivity index (χ0v) is 11.9. The molecule has 0 unspecified atom stereocenters. The molecular formula is C14H11ClN4S. The average molecular weight is 303 g/mol. The average Bonchev–Trinajstić information content (AvgIpc) is 2.94. The number of nitrogens with one attached hydrogen (secondary N) is 1. The Bertz CT molecular complexity index is 727. The van der Waals surface area contributed by atoms with Crippen LogP contribution in [0.5, 0.6) is 0 Å². The third-order valence-corrected chi connectivity index (χ3v) is 4.01. The summed E-state index contributed by atoms with van der Waals surface area (Å²) in [5, 5.41) is 2.53. The second-order valence-corrected chi connectivity index (χ2v) is 5.45. The Morgan fingerprint density at radius 3 is 2.55 bits per heavy atom. The van der Waals surface area contributed by atoms with Crippen molar-refractivity contribution in [2.24, 2.45) is 5.84 Å². The number of anilines is 1. The van der Waals surface area contributed by atoms with E-state index in [-0.39, 0.29) is 0 Å². The van der Waals surface area contributed by atoms with Crippen LogP contribution in [-0.2, 0) is 0 Å². The van der Waals surface area contributed by atoms with E-state index in [0.29, 0.717) is 16.7 Å². The molecule has 2 aromatic heterocycles. The minimum absolute atomic E-state index is 0.568. The first-order chi connectivity index (χ1) is 9.76. The van der Waals surface area contributed by atoms with Gasteiger partial charge in [0, 0.05) is 17.0 Å². The van der Waals surface area contributed by atoms with Crippen LogP contribution < -0.4 is 11.3 Å². The SMILES string of the molecule is NNc1cc(-c2ccccc2)nc(-c2cc(Cl)cs2)n1. The topological polar surface area (TPSA) is 63.8 Å². The molecule has 2 heterocycles. The first kappa shape index (κ1) is 13.1. The van der Waals surface area contributed by atoms with Gasteiger partial charge < -0.3 is 5.43 Å². The van der Waals surface area contributed by atoms with E-state index in [2.05, 4.69) is 15.4 Å². The van der Waals surface area contributed by atoms with Crippen molar-refractivity contribution >= 4 is 28.8 Å². The van der Waals surface area contributed by atoms with Crippen LogP contribution in [0.4, 0.5) is 5.82 Å². The van der Waals surface area contributed by atoms with Crippen LogP contribution in [0, 0.1) is 0 Å². The predicted molar refractivity (Wildman–Crippen MR) is 83.6 cm³/mol. The summed E-state index contributed by atoms with van der Waals surface area (Å²) in [6, 6.07) is 13.5. The lowest BCUT2D eigenvalue weighted by atomic mass is 10.1. The number of benzene rings is 1. The maximum Gasteiger partial charge on any atom is 0.172 e. The maximum atomic E-state index is 5.96. The zero-order chi connectivity index (χ0) is 13.9. The van der Waals surface area contributed by atoms with Gasteiger partial charge in [-0.3, -0.25) is 0 Å². The fourth-order valence-electron chi connectivity index (χ4n) is 1.82. The summed E-state index contributed by atoms with van der Waals surface area (Å²) in [6.07, 6.45) is 0. The maximum absolute atomic E-state index is 5.96. The minimum Gasteiger partial charge on any atom is -0.308 e. The third kappa shape index (κ3) is 2.65. The molecule has 0 aliphatic heterocycles. The highest BCUT2D eigenvalue weighted by molar-refractivity contribution is 7.14. The third-order valence-electron chi connectivity index (χ3n) is 2.73. The number of aromatic nitrogens is 2. The second kappa shape index (κ2) is 5.58. The lowest BCUT2D eigenvalue weighted by molar-refractivity contribution is 1.16. The number of nitrogen functional groups attached to an aromatic ring is 1. The molecule has 4 nitrogen and oxygen atoms in total. The van der Waals surface area contributed by atoms with E-state index in [0.717, 1.165) is 16.1 Å². The Balaban J connectivity index is 2.12. The second-order valence-electron chi connectivity index (χ2n) is 4.10. The summed E-state index contributed by atoms with van der Waals surface area (Å²) in [6.45, 7) is 0. The lowest BCUT2D eigenvalue weighted by Crippen LogP contribution is -2.09. The first-order valence-corrected chi connectivity index (χ1v) is 7.17. The highest BCUT2D eigenvalue weighted by Crippen LogP contribution is 2.30. The van der Waals surface area contributed by atoms with Crippen molar-refractivity contribution < 1.29 is 0 Å². The molecule has 3 rings (SSSR count). The van der Waals surface area contributed by atoms with Gasteiger partial charge in [0.15, 0.2) is 5.82 Å². The fraction of sp³-hybridized carbons (Fsp3) is 0. The summed E-state index contributed by atoms with van der Waals surface area (Å²) < 4.78 is 0. The van der Waals surface area contributed by atoms with Crippen LogP contribution in [0.1, 0.15) is 0 Å². The number of hydrazine groups is 1. The van der Waals surface area contributed by atoms with Crippen LogP contribution >= 0.6 is 22.9 Å². The normalized spacial score (nSPS) is 10.5. The summed E-state index contributed by atoms with van der Waals surface area (Å²) in [7, 11) is 0. The van der Waals surface area contributed by atoms with Crippen LogP contribution in [0.15, 0.2) is 47.8 Å². The molecule has 6 heteroatoms. The molecule has 0 aliphatic carbocycles. The molecule has 20 heavy (non-hydrogen) atoms. The Morgan fingerprint density at radius 1 is 1.10 bits per heavy atom. The number of hydrogen-bond acceptors (Lipinski definition) is 5. The molecule has 0 fully saturated rings. The van der Waals surface area contributed by atoms with Gasteiger partial charge in [-0.2, -0.15) is 0 Å². The van der Waals surface area contributed by atoms with Gasteiger partial charge in [0.25, 0.3) is 0 Å². The number of nitrogens with zero attached hydrogens (tertiary/aromatic N) is 2. The molecule has 0 spiro atoms. The van der Waals surface area contributed by atoms with E-state index in [1.54, 1.807) is 0 Å². The number of nitrogens with two attached hydrogens (primary N) is 1. The first-order valence-electron chi connectivity index (χ1n) is 5.92. The van der Waals surface area contributed by atoms with Crippen LogP contribution in [0.3, 0.4) is 0 Å². The highest BCUT2D eigenvalue weighted by atomic mass is 35.5. The standard InChI is InChI=1S/C14H11ClN4S/c15-10-6-12(20-8-10)14-17-11(7-13(18-14)19-16)9-4-2-1-3-5-9/h1-8H,16H2,(H,17,18,19). The summed E-state index contributed by atoms with van der Waals surface area (Å²) in [5.74, 6) is 6.66. The fourth-order valence-corrected chi connectivity index (χ4v) is 2.83. The van der Waals surface area contributed by atoms with Crippen molar-refractivity contribution in [1.29, 1.82) is 0 Å². The summed E-state index contributed by atoms with van der Waals surface area (Å²) in [5.41, 5.74) is 4.40. The smallest absolute Gasteiger partial charge is 0.172 e. The molecule has 3 N–H and O–H groups in total. The number of rotatable bonds is 3. The number of thiophene rings is 1. The monoisotopic (exact) mass is 302 g/mol. The van der Waals surface area contributed by atoms with Crippen molar-refractivity contribution in [2.75, 3.05) is 5.43 Å². The van der Waals surface area contributed by atoms with Gasteiger partial charge in [-0.25, -0.2) is 15.8 Å². The van der Waals surface area contributed by atoms with E-state index >= 15 is 0 Å². The zero-order valence-electron chi connectivity index (χ0n) is 10.4. The predicted octanol–water partition coefficient (Wildman–Crippen LogP) is 3.81. The Kier molecular flexibility index (Phi) is 3.64. The van der Waals surface area contributed by atoms with Crippen LogP contribution in [0.2, 0.25) is 5.02 Å². The quantitative estimate of drug-likeness (QED) is 0.570. The van der Waals surface area contributed by atoms with E-state index in [1.165, 1.54) is 11.3 Å². The molecule has 0 saturated heterocycles. The van der Waals surface area contributed by atoms with E-state index in [9.17, 15) is 0 Å². The molecule has 3 aromatic rings. The van der Waals surface area contributed by atoms with Gasteiger partial charge in [-0.05, 0) is 6.07 Å². The van der Waals surface area contributed by atoms with Gasteiger partial charge in [-0.1, -0.05) is 41.9 Å². The van der Waals surface area contributed by atoms with Gasteiger partial charge >= 0.3 is 0 Å². The summed E-state index contributed by atoms with van der Waals surface area (Å²) >= 11 is 7.46. The van der Waals surface area contributed by atoms with Crippen molar-refractivity contribution in [1.82, 2.24) is 9.97 Å². The molecule has 1 aromatic carbocycles. The Labute approximate surface area is 125 Å². The van der Waals surface area contributed by atoms with E-state index in [1.807, 2.05) is 47.8 Å². The van der Waals surface area contributed by atoms with Gasteiger partial charge in [-0.15, -0.1) is 11.3 Å². The minimum atomic E-state index is 0.568. The molecule has 0 saturated carbocycles. The molecule has 100 valence electrons. The van der Waals surface area contributed by atoms with Gasteiger partial charge in [0.2, 0.25) is 0 Å². The number of halogens is 1. The molecule has 0 bridgehead atoms. The van der Waals surface area contributed by atoms with Gasteiger partial charge in [0.05, 0.1) is 15.6 Å². The highest BCUT2D eigenvalue weighted by Gasteiger charge is 2.10. The Hall–Kier alpha value is -1.95. The molecule has 0 atom stereocenters. The Morgan fingerprint density at radius 2 is 1.90 bits per heavy atom. The largest absolute Gasteiger partial charge is 0.308 e. The molecule has 0 amide bonds. The van der Waals surface area contributed by atoms with E-state index < -0.39 is 0 Å². The van der Waals surface area contributed by atoms with Crippen LogP contribution in [0.25, 0.3) is 22.0 Å². The molecular weight excluding hydrogens is 292 g/mol. The van der Waals surface area contributed by atoms with Crippen LogP contribution in [-0.4, -0.2) is 9.97 Å². The number of hydrogen-bond donors (Lipinski definition) is 2. The van der Waals surface area contributed by atoms with Crippen molar-refractivity contribution in [3.8, 4) is 22.0 Å². The van der Waals surface area contributed by atoms with E-state index in [4.69, 9.17) is 17.4 Å². The van der Waals surface area contributed by atoms with Crippen molar-refractivity contribution in [3.63, 3.8) is 0 Å². The van der Waals surface area contributed by atoms with Crippen molar-refractivity contribution in [2.45, 2.75) is 0 Å². The molecule has 0 radical (unpaired) electrons. The molecule has 0 aliphatic rings. The van der Waals surface area contributed by atoms with Gasteiger partial charge in [0.1, 0.15) is 5.82 Å². The summed E-state index contributed by atoms with van der Waals surface area (Å²) in [4.78, 5) is 9.85. The lowest BCUT2D eigenvalue weighted by Gasteiger charge is -2.06. The van der Waals surface area contributed by atoms with Crippen molar-refractivity contribution in [3.05, 3.63) is 52.9 Å².